The molecule has 138 valence electrons. The third-order valence-corrected chi connectivity index (χ3v) is 3.77. The fraction of sp³-hybridized carbons (Fsp3) is 0.750. The molecular weight excluding hydrogens is 421 g/mol. The molecule has 1 atom stereocenters. The number of ether oxygens (including phenoxy) is 2. The second-order valence-corrected chi connectivity index (χ2v) is 5.76. The monoisotopic (exact) mass is 451 g/mol. The molecule has 1 aliphatic rings. The molecule has 1 aromatic rings. The van der Waals surface area contributed by atoms with Crippen molar-refractivity contribution in [1.82, 2.24) is 20.4 Å². The molecular formula is C16H30IN5O2. The Morgan fingerprint density at radius 1 is 1.42 bits per heavy atom. The molecule has 2 rings (SSSR count). The Hall–Kier alpha value is -0.870. The van der Waals surface area contributed by atoms with Crippen LogP contribution in [0.2, 0.25) is 0 Å². The molecule has 0 saturated carbocycles. The Bertz CT molecular complexity index is 475. The fourth-order valence-corrected chi connectivity index (χ4v) is 2.49. The number of halogens is 1. The number of aliphatic imine (C=N–C) groups is 1. The Morgan fingerprint density at radius 2 is 2.21 bits per heavy atom. The van der Waals surface area contributed by atoms with Crippen LogP contribution in [0.3, 0.4) is 0 Å². The van der Waals surface area contributed by atoms with Crippen molar-refractivity contribution in [3.8, 4) is 0 Å². The summed E-state index contributed by atoms with van der Waals surface area (Å²) >= 11 is 0. The summed E-state index contributed by atoms with van der Waals surface area (Å²) in [5.74, 6) is 0.848. The maximum Gasteiger partial charge on any atom is 0.190 e. The predicted octanol–water partition coefficient (Wildman–Crippen LogP) is 1.33. The van der Waals surface area contributed by atoms with Gasteiger partial charge < -0.3 is 20.1 Å². The van der Waals surface area contributed by atoms with Crippen LogP contribution in [0.25, 0.3) is 0 Å². The molecule has 8 heteroatoms. The minimum absolute atomic E-state index is 0. The maximum absolute atomic E-state index is 5.73. The highest BCUT2D eigenvalue weighted by atomic mass is 127. The van der Waals surface area contributed by atoms with Crippen LogP contribution in [0.1, 0.15) is 24.8 Å². The molecule has 1 aliphatic heterocycles. The van der Waals surface area contributed by atoms with Gasteiger partial charge in [-0.05, 0) is 31.2 Å². The van der Waals surface area contributed by atoms with Crippen LogP contribution in [-0.4, -0.2) is 61.8 Å². The van der Waals surface area contributed by atoms with Gasteiger partial charge in [-0.3, -0.25) is 9.67 Å². The second kappa shape index (κ2) is 12.5. The molecule has 2 heterocycles. The zero-order chi connectivity index (χ0) is 16.3. The molecule has 2 N–H and O–H groups in total. The van der Waals surface area contributed by atoms with Crippen molar-refractivity contribution >= 4 is 29.9 Å². The van der Waals surface area contributed by atoms with Gasteiger partial charge in [-0.25, -0.2) is 0 Å². The van der Waals surface area contributed by atoms with Crippen molar-refractivity contribution < 1.29 is 9.47 Å². The van der Waals surface area contributed by atoms with E-state index in [1.54, 1.807) is 7.05 Å². The molecule has 1 aromatic heterocycles. The van der Waals surface area contributed by atoms with E-state index in [9.17, 15) is 0 Å². The predicted molar refractivity (Wildman–Crippen MR) is 106 cm³/mol. The lowest BCUT2D eigenvalue weighted by molar-refractivity contribution is 0.0420. The van der Waals surface area contributed by atoms with E-state index in [2.05, 4.69) is 26.9 Å². The number of hydrogen-bond donors (Lipinski definition) is 2. The summed E-state index contributed by atoms with van der Waals surface area (Å²) < 4.78 is 12.9. The van der Waals surface area contributed by atoms with E-state index in [1.807, 2.05) is 17.9 Å². The van der Waals surface area contributed by atoms with Crippen molar-refractivity contribution in [1.29, 1.82) is 0 Å². The van der Waals surface area contributed by atoms with E-state index in [-0.39, 0.29) is 24.0 Å². The maximum atomic E-state index is 5.73. The van der Waals surface area contributed by atoms with Gasteiger partial charge in [0.15, 0.2) is 5.96 Å². The third kappa shape index (κ3) is 8.29. The summed E-state index contributed by atoms with van der Waals surface area (Å²) in [4.78, 5) is 4.23. The molecule has 0 aromatic carbocycles. The van der Waals surface area contributed by atoms with Crippen molar-refractivity contribution in [2.24, 2.45) is 12.0 Å². The lowest BCUT2D eigenvalue weighted by Gasteiger charge is -2.13. The van der Waals surface area contributed by atoms with Gasteiger partial charge in [0.05, 0.1) is 18.9 Å². The minimum atomic E-state index is 0. The number of hydrogen-bond acceptors (Lipinski definition) is 4. The van der Waals surface area contributed by atoms with Crippen LogP contribution in [-0.2, 0) is 22.9 Å². The lowest BCUT2D eigenvalue weighted by atomic mass is 10.2. The fourth-order valence-electron chi connectivity index (χ4n) is 2.49. The van der Waals surface area contributed by atoms with E-state index >= 15 is 0 Å². The van der Waals surface area contributed by atoms with Crippen LogP contribution >= 0.6 is 24.0 Å². The van der Waals surface area contributed by atoms with Crippen molar-refractivity contribution in [3.05, 3.63) is 18.0 Å². The average molecular weight is 451 g/mol. The van der Waals surface area contributed by atoms with Crippen LogP contribution < -0.4 is 10.6 Å². The summed E-state index contributed by atoms with van der Waals surface area (Å²) in [6.45, 7) is 4.09. The van der Waals surface area contributed by atoms with E-state index < -0.39 is 0 Å². The van der Waals surface area contributed by atoms with E-state index in [1.165, 1.54) is 5.56 Å². The average Bonchev–Trinajstić information content (AvgIpc) is 3.20. The first-order chi connectivity index (χ1) is 11.3. The zero-order valence-corrected chi connectivity index (χ0v) is 17.0. The Morgan fingerprint density at radius 3 is 2.83 bits per heavy atom. The first-order valence-corrected chi connectivity index (χ1v) is 8.39. The first-order valence-electron chi connectivity index (χ1n) is 8.39. The highest BCUT2D eigenvalue weighted by molar-refractivity contribution is 14.0. The molecule has 24 heavy (non-hydrogen) atoms. The third-order valence-electron chi connectivity index (χ3n) is 3.77. The quantitative estimate of drug-likeness (QED) is 0.257. The number of rotatable bonds is 9. The van der Waals surface area contributed by atoms with Crippen molar-refractivity contribution in [3.63, 3.8) is 0 Å². The summed E-state index contributed by atoms with van der Waals surface area (Å²) in [6.07, 6.45) is 8.33. The molecule has 0 amide bonds. The molecule has 1 saturated heterocycles. The molecule has 0 aliphatic carbocycles. The van der Waals surface area contributed by atoms with Gasteiger partial charge in [-0.1, -0.05) is 0 Å². The molecule has 1 unspecified atom stereocenters. The minimum Gasteiger partial charge on any atom is -0.379 e. The Labute approximate surface area is 161 Å². The smallest absolute Gasteiger partial charge is 0.190 e. The van der Waals surface area contributed by atoms with Gasteiger partial charge in [0, 0.05) is 46.6 Å². The summed E-state index contributed by atoms with van der Waals surface area (Å²) in [7, 11) is 3.74. The number of guanidine groups is 1. The number of nitrogens with one attached hydrogen (secondary N) is 2. The second-order valence-electron chi connectivity index (χ2n) is 5.76. The van der Waals surface area contributed by atoms with Gasteiger partial charge in [-0.2, -0.15) is 5.10 Å². The molecule has 7 nitrogen and oxygen atoms in total. The van der Waals surface area contributed by atoms with Gasteiger partial charge in [0.25, 0.3) is 0 Å². The first kappa shape index (κ1) is 21.2. The van der Waals surface area contributed by atoms with E-state index in [4.69, 9.17) is 9.47 Å². The van der Waals surface area contributed by atoms with Crippen LogP contribution in [0.5, 0.6) is 0 Å². The number of aromatic nitrogens is 2. The number of nitrogens with zero attached hydrogens (tertiary/aromatic N) is 3. The van der Waals surface area contributed by atoms with Gasteiger partial charge >= 0.3 is 0 Å². The van der Waals surface area contributed by atoms with Gasteiger partial charge in [0.1, 0.15) is 0 Å². The standard InChI is InChI=1S/C16H29N5O2.HI/c1-17-16(18-7-3-5-14-11-20-21(2)12-14)19-8-4-9-23-15-6-10-22-13-15;/h11-12,15H,3-10,13H2,1-2H3,(H2,17,18,19);1H. The van der Waals surface area contributed by atoms with Crippen LogP contribution in [0.15, 0.2) is 17.4 Å². The van der Waals surface area contributed by atoms with E-state index in [0.717, 1.165) is 64.6 Å². The van der Waals surface area contributed by atoms with Crippen LogP contribution in [0, 0.1) is 0 Å². The molecule has 0 bridgehead atoms. The largest absolute Gasteiger partial charge is 0.379 e. The van der Waals surface area contributed by atoms with Gasteiger partial charge in [0.2, 0.25) is 0 Å². The zero-order valence-electron chi connectivity index (χ0n) is 14.7. The molecule has 0 spiro atoms. The Balaban J connectivity index is 0.00000288. The Kier molecular flexibility index (Phi) is 11.0. The molecule has 0 radical (unpaired) electrons. The summed E-state index contributed by atoms with van der Waals surface area (Å²) in [6, 6.07) is 0. The van der Waals surface area contributed by atoms with Gasteiger partial charge in [-0.15, -0.1) is 24.0 Å². The molecule has 1 fully saturated rings. The highest BCUT2D eigenvalue weighted by Gasteiger charge is 2.15. The number of aryl methyl sites for hydroxylation is 2. The van der Waals surface area contributed by atoms with E-state index in [0.29, 0.717) is 6.10 Å². The van der Waals surface area contributed by atoms with Crippen molar-refractivity contribution in [2.45, 2.75) is 31.8 Å². The normalized spacial score (nSPS) is 17.6. The summed E-state index contributed by atoms with van der Waals surface area (Å²) in [5, 5.41) is 10.8. The van der Waals surface area contributed by atoms with Crippen LogP contribution in [0.4, 0.5) is 0 Å². The topological polar surface area (TPSA) is 72.7 Å². The summed E-state index contributed by atoms with van der Waals surface area (Å²) in [5.41, 5.74) is 1.27. The highest BCUT2D eigenvalue weighted by Crippen LogP contribution is 2.07. The lowest BCUT2D eigenvalue weighted by Crippen LogP contribution is -2.38. The van der Waals surface area contributed by atoms with Crippen molar-refractivity contribution in [2.75, 3.05) is 40.0 Å². The SMILES string of the molecule is CN=C(NCCCOC1CCOC1)NCCCc1cnn(C)c1.I.